The number of likely N-dealkylation sites (tertiary alicyclic amines) is 1. The van der Waals surface area contributed by atoms with Gasteiger partial charge in [0.05, 0.1) is 24.7 Å². The van der Waals surface area contributed by atoms with Gasteiger partial charge in [-0.25, -0.2) is 8.78 Å². The second-order valence-corrected chi connectivity index (χ2v) is 7.64. The molecule has 2 aromatic rings. The Morgan fingerprint density at radius 1 is 1.18 bits per heavy atom. The highest BCUT2D eigenvalue weighted by Crippen LogP contribution is 2.31. The zero-order valence-electron chi connectivity index (χ0n) is 17.2. The van der Waals surface area contributed by atoms with Crippen LogP contribution < -0.4 is 5.32 Å². The van der Waals surface area contributed by atoms with Gasteiger partial charge in [0, 0.05) is 24.4 Å². The highest BCUT2D eigenvalue weighted by atomic mass is 19.4. The van der Waals surface area contributed by atoms with E-state index in [-0.39, 0.29) is 5.56 Å². The number of hydrogen-bond acceptors (Lipinski definition) is 4. The van der Waals surface area contributed by atoms with E-state index in [9.17, 15) is 31.5 Å². The zero-order chi connectivity index (χ0) is 24.2. The number of nitrogens with one attached hydrogen (secondary N) is 1. The number of amides is 2. The molecule has 1 aliphatic heterocycles. The van der Waals surface area contributed by atoms with E-state index in [2.05, 4.69) is 10.3 Å². The van der Waals surface area contributed by atoms with Gasteiger partial charge in [-0.3, -0.25) is 14.6 Å². The summed E-state index contributed by atoms with van der Waals surface area (Å²) in [4.78, 5) is 29.6. The van der Waals surface area contributed by atoms with E-state index in [1.807, 2.05) is 0 Å². The number of aromatic nitrogens is 1. The van der Waals surface area contributed by atoms with Crippen molar-refractivity contribution in [3.8, 4) is 6.07 Å². The van der Waals surface area contributed by atoms with Gasteiger partial charge >= 0.3 is 6.18 Å². The number of pyridine rings is 1. The Labute approximate surface area is 186 Å². The maximum absolute atomic E-state index is 13.5. The molecule has 174 valence electrons. The van der Waals surface area contributed by atoms with Crippen molar-refractivity contribution in [2.45, 2.75) is 37.4 Å². The summed E-state index contributed by atoms with van der Waals surface area (Å²) in [7, 11) is 0. The first kappa shape index (κ1) is 24.1. The third-order valence-corrected chi connectivity index (χ3v) is 5.25. The molecule has 2 heterocycles. The Bertz CT molecular complexity index is 1060. The Morgan fingerprint density at radius 3 is 2.52 bits per heavy atom. The van der Waals surface area contributed by atoms with Gasteiger partial charge in [0.25, 0.3) is 11.8 Å². The molecule has 1 unspecified atom stereocenters. The van der Waals surface area contributed by atoms with Crippen molar-refractivity contribution in [1.82, 2.24) is 15.2 Å². The lowest BCUT2D eigenvalue weighted by Gasteiger charge is -2.19. The van der Waals surface area contributed by atoms with Crippen LogP contribution in [0.25, 0.3) is 0 Å². The molecule has 0 saturated carbocycles. The van der Waals surface area contributed by atoms with Crippen molar-refractivity contribution >= 4 is 11.8 Å². The lowest BCUT2D eigenvalue weighted by atomic mass is 10.0. The predicted molar refractivity (Wildman–Crippen MR) is 106 cm³/mol. The Hall–Kier alpha value is -3.55. The first-order valence-electron chi connectivity index (χ1n) is 9.94. The lowest BCUT2D eigenvalue weighted by molar-refractivity contribution is -0.137. The summed E-state index contributed by atoms with van der Waals surface area (Å²) in [6.45, 7) is -1.44. The SMILES string of the molecule is N#CC1CC(F)(F)CN1C(=O)CNC(=O)c1ccncc1CCc1ccc(C(F)(F)F)cc1. The second kappa shape index (κ2) is 9.52. The van der Waals surface area contributed by atoms with E-state index < -0.39 is 55.0 Å². The third kappa shape index (κ3) is 6.03. The molecule has 3 rings (SSSR count). The Balaban J connectivity index is 1.61. The molecule has 1 aromatic heterocycles. The number of rotatable bonds is 6. The summed E-state index contributed by atoms with van der Waals surface area (Å²) in [5.74, 6) is -4.59. The van der Waals surface area contributed by atoms with E-state index in [0.29, 0.717) is 24.0 Å². The van der Waals surface area contributed by atoms with Crippen LogP contribution in [0.2, 0.25) is 0 Å². The number of nitriles is 1. The Morgan fingerprint density at radius 2 is 1.88 bits per heavy atom. The number of aryl methyl sites for hydroxylation is 2. The molecule has 0 radical (unpaired) electrons. The van der Waals surface area contributed by atoms with E-state index in [4.69, 9.17) is 5.26 Å². The molecular formula is C22H19F5N4O2. The molecule has 1 N–H and O–H groups in total. The average Bonchev–Trinajstić information content (AvgIpc) is 3.10. The van der Waals surface area contributed by atoms with Gasteiger partial charge in [-0.2, -0.15) is 18.4 Å². The number of alkyl halides is 5. The molecule has 1 fully saturated rings. The van der Waals surface area contributed by atoms with Crippen LogP contribution in [0.3, 0.4) is 0 Å². The number of carbonyl (C=O) groups excluding carboxylic acids is 2. The first-order chi connectivity index (χ1) is 15.5. The molecule has 0 bridgehead atoms. The van der Waals surface area contributed by atoms with Crippen molar-refractivity contribution in [3.63, 3.8) is 0 Å². The molecule has 1 atom stereocenters. The van der Waals surface area contributed by atoms with E-state index in [1.54, 1.807) is 6.07 Å². The summed E-state index contributed by atoms with van der Waals surface area (Å²) in [6, 6.07) is 6.50. The van der Waals surface area contributed by atoms with E-state index in [0.717, 1.165) is 17.0 Å². The van der Waals surface area contributed by atoms with E-state index >= 15 is 0 Å². The number of carbonyl (C=O) groups is 2. The summed E-state index contributed by atoms with van der Waals surface area (Å²) in [5, 5.41) is 11.4. The third-order valence-electron chi connectivity index (χ3n) is 5.25. The first-order valence-corrected chi connectivity index (χ1v) is 9.94. The maximum atomic E-state index is 13.5. The maximum Gasteiger partial charge on any atom is 0.416 e. The highest BCUT2D eigenvalue weighted by molar-refractivity contribution is 5.97. The van der Waals surface area contributed by atoms with Crippen LogP contribution in [0.5, 0.6) is 0 Å². The van der Waals surface area contributed by atoms with Crippen LogP contribution in [-0.4, -0.2) is 46.8 Å². The molecule has 6 nitrogen and oxygen atoms in total. The van der Waals surface area contributed by atoms with Crippen molar-refractivity contribution in [2.75, 3.05) is 13.1 Å². The smallest absolute Gasteiger partial charge is 0.343 e. The minimum atomic E-state index is -4.43. The molecule has 11 heteroatoms. The Kier molecular flexibility index (Phi) is 6.95. The van der Waals surface area contributed by atoms with Crippen LogP contribution >= 0.6 is 0 Å². The van der Waals surface area contributed by atoms with Crippen molar-refractivity contribution in [2.24, 2.45) is 0 Å². The fraction of sp³-hybridized carbons (Fsp3) is 0.364. The fourth-order valence-corrected chi connectivity index (χ4v) is 3.53. The average molecular weight is 466 g/mol. The molecule has 1 saturated heterocycles. The second-order valence-electron chi connectivity index (χ2n) is 7.64. The fourth-order valence-electron chi connectivity index (χ4n) is 3.53. The van der Waals surface area contributed by atoms with Gasteiger partial charge in [-0.1, -0.05) is 12.1 Å². The van der Waals surface area contributed by atoms with Gasteiger partial charge in [0.1, 0.15) is 6.04 Å². The van der Waals surface area contributed by atoms with Gasteiger partial charge in [-0.15, -0.1) is 0 Å². The summed E-state index contributed by atoms with van der Waals surface area (Å²) in [6.07, 6.45) is -1.73. The largest absolute Gasteiger partial charge is 0.416 e. The summed E-state index contributed by atoms with van der Waals surface area (Å²) < 4.78 is 65.1. The van der Waals surface area contributed by atoms with Gasteiger partial charge in [-0.05, 0) is 42.2 Å². The quantitative estimate of drug-likeness (QED) is 0.662. The highest BCUT2D eigenvalue weighted by Gasteiger charge is 2.47. The van der Waals surface area contributed by atoms with Crippen LogP contribution in [0.4, 0.5) is 22.0 Å². The van der Waals surface area contributed by atoms with Gasteiger partial charge in [0.2, 0.25) is 5.91 Å². The van der Waals surface area contributed by atoms with Gasteiger partial charge < -0.3 is 10.2 Å². The molecule has 0 aliphatic carbocycles. The summed E-state index contributed by atoms with van der Waals surface area (Å²) in [5.41, 5.74) is 0.580. The zero-order valence-corrected chi connectivity index (χ0v) is 17.2. The van der Waals surface area contributed by atoms with E-state index in [1.165, 1.54) is 30.6 Å². The minimum Gasteiger partial charge on any atom is -0.343 e. The number of nitrogens with zero attached hydrogens (tertiary/aromatic N) is 3. The van der Waals surface area contributed by atoms with Crippen LogP contribution in [0.15, 0.2) is 42.7 Å². The van der Waals surface area contributed by atoms with Gasteiger partial charge in [0.15, 0.2) is 0 Å². The van der Waals surface area contributed by atoms with Crippen molar-refractivity contribution in [1.29, 1.82) is 5.26 Å². The standard InChI is InChI=1S/C22H19F5N4O2/c23-21(24)9-17(10-28)31(13-21)19(32)12-30-20(33)18-7-8-29-11-15(18)4-1-14-2-5-16(6-3-14)22(25,26)27/h2-3,5-8,11,17H,1,4,9,12-13H2,(H,30,33). The molecule has 1 aliphatic rings. The molecule has 1 aromatic carbocycles. The monoisotopic (exact) mass is 466 g/mol. The molecular weight excluding hydrogens is 447 g/mol. The summed E-state index contributed by atoms with van der Waals surface area (Å²) >= 11 is 0. The van der Waals surface area contributed by atoms with Crippen molar-refractivity contribution < 1.29 is 31.5 Å². The van der Waals surface area contributed by atoms with Crippen LogP contribution in [-0.2, 0) is 23.8 Å². The lowest BCUT2D eigenvalue weighted by Crippen LogP contribution is -2.43. The predicted octanol–water partition coefficient (Wildman–Crippen LogP) is 3.38. The molecule has 33 heavy (non-hydrogen) atoms. The van der Waals surface area contributed by atoms with Crippen molar-refractivity contribution in [3.05, 3.63) is 65.0 Å². The number of halogens is 5. The number of benzene rings is 1. The number of hydrogen-bond donors (Lipinski definition) is 1. The molecule has 2 amide bonds. The normalized spacial score (nSPS) is 17.5. The molecule has 0 spiro atoms. The van der Waals surface area contributed by atoms with Crippen LogP contribution in [0.1, 0.15) is 33.5 Å². The van der Waals surface area contributed by atoms with Crippen LogP contribution in [0, 0.1) is 11.3 Å². The topological polar surface area (TPSA) is 86.1 Å². The minimum absolute atomic E-state index is 0.202.